The van der Waals surface area contributed by atoms with Crippen LogP contribution in [0.4, 0.5) is 0 Å². The fourth-order valence-corrected chi connectivity index (χ4v) is 3.06. The standard InChI is InChI=1S/C20H18BrNO2/c1-14(20(23)22-13-15-7-3-2-4-8-15)24-18-12-11-16-9-5-6-10-17(16)19(18)21/h2-12,14H,13H2,1H3,(H,22,23)/t14-/m0/s1. The summed E-state index contributed by atoms with van der Waals surface area (Å²) in [7, 11) is 0. The molecular formula is C20H18BrNO2. The molecule has 1 atom stereocenters. The normalized spacial score (nSPS) is 11.9. The minimum absolute atomic E-state index is 0.140. The molecule has 0 aliphatic carbocycles. The number of hydrogen-bond acceptors (Lipinski definition) is 2. The minimum atomic E-state index is -0.578. The Hall–Kier alpha value is -2.33. The molecule has 0 heterocycles. The Morgan fingerprint density at radius 2 is 1.75 bits per heavy atom. The van der Waals surface area contributed by atoms with E-state index in [1.165, 1.54) is 0 Å². The number of carbonyl (C=O) groups excluding carboxylic acids is 1. The fourth-order valence-electron chi connectivity index (χ4n) is 2.48. The van der Waals surface area contributed by atoms with Crippen molar-refractivity contribution in [1.82, 2.24) is 5.32 Å². The molecule has 0 radical (unpaired) electrons. The fraction of sp³-hybridized carbons (Fsp3) is 0.150. The zero-order valence-electron chi connectivity index (χ0n) is 13.3. The Kier molecular flexibility index (Phi) is 5.16. The average Bonchev–Trinajstić information content (AvgIpc) is 2.63. The summed E-state index contributed by atoms with van der Waals surface area (Å²) in [5.74, 6) is 0.523. The van der Waals surface area contributed by atoms with Crippen LogP contribution in [0.2, 0.25) is 0 Å². The predicted molar refractivity (Wildman–Crippen MR) is 100 cm³/mol. The van der Waals surface area contributed by atoms with Gasteiger partial charge in [0.05, 0.1) is 4.47 Å². The number of ether oxygens (including phenoxy) is 1. The number of fused-ring (bicyclic) bond motifs is 1. The highest BCUT2D eigenvalue weighted by Crippen LogP contribution is 2.33. The second kappa shape index (κ2) is 7.49. The first-order chi connectivity index (χ1) is 11.6. The second-order valence-electron chi connectivity index (χ2n) is 5.56. The van der Waals surface area contributed by atoms with E-state index in [1.54, 1.807) is 6.92 Å². The lowest BCUT2D eigenvalue weighted by Crippen LogP contribution is -2.35. The minimum Gasteiger partial charge on any atom is -0.480 e. The predicted octanol–water partition coefficient (Wildman–Crippen LogP) is 4.69. The molecule has 3 nitrogen and oxygen atoms in total. The lowest BCUT2D eigenvalue weighted by molar-refractivity contribution is -0.127. The van der Waals surface area contributed by atoms with Gasteiger partial charge in [0.15, 0.2) is 6.10 Å². The number of rotatable bonds is 5. The first kappa shape index (κ1) is 16.5. The third-order valence-corrected chi connectivity index (χ3v) is 4.63. The van der Waals surface area contributed by atoms with E-state index in [1.807, 2.05) is 66.7 Å². The number of carbonyl (C=O) groups is 1. The van der Waals surface area contributed by atoms with Crippen LogP contribution in [-0.4, -0.2) is 12.0 Å². The highest BCUT2D eigenvalue weighted by molar-refractivity contribution is 9.10. The molecule has 0 saturated carbocycles. The number of halogens is 1. The Balaban J connectivity index is 1.67. The smallest absolute Gasteiger partial charge is 0.261 e. The number of hydrogen-bond donors (Lipinski definition) is 1. The molecule has 0 unspecified atom stereocenters. The molecular weight excluding hydrogens is 366 g/mol. The van der Waals surface area contributed by atoms with Gasteiger partial charge < -0.3 is 10.1 Å². The summed E-state index contributed by atoms with van der Waals surface area (Å²) in [6, 6.07) is 21.7. The van der Waals surface area contributed by atoms with E-state index < -0.39 is 6.10 Å². The van der Waals surface area contributed by atoms with Crippen LogP contribution in [0.5, 0.6) is 5.75 Å². The van der Waals surface area contributed by atoms with E-state index in [0.717, 1.165) is 20.8 Å². The van der Waals surface area contributed by atoms with E-state index in [4.69, 9.17) is 4.74 Å². The van der Waals surface area contributed by atoms with Crippen LogP contribution < -0.4 is 10.1 Å². The van der Waals surface area contributed by atoms with Gasteiger partial charge in [-0.25, -0.2) is 0 Å². The van der Waals surface area contributed by atoms with Gasteiger partial charge in [-0.1, -0.05) is 60.7 Å². The maximum Gasteiger partial charge on any atom is 0.261 e. The SMILES string of the molecule is C[C@H](Oc1ccc2ccccc2c1Br)C(=O)NCc1ccccc1. The molecule has 0 spiro atoms. The molecule has 0 aromatic heterocycles. The van der Waals surface area contributed by atoms with Crippen molar-refractivity contribution in [2.75, 3.05) is 0 Å². The molecule has 122 valence electrons. The van der Waals surface area contributed by atoms with Crippen molar-refractivity contribution in [3.05, 3.63) is 76.8 Å². The molecule has 0 aliphatic heterocycles. The van der Waals surface area contributed by atoms with Crippen molar-refractivity contribution in [2.24, 2.45) is 0 Å². The van der Waals surface area contributed by atoms with Crippen molar-refractivity contribution >= 4 is 32.6 Å². The van der Waals surface area contributed by atoms with Gasteiger partial charge in [-0.2, -0.15) is 0 Å². The van der Waals surface area contributed by atoms with Crippen molar-refractivity contribution in [3.63, 3.8) is 0 Å². The van der Waals surface area contributed by atoms with Crippen LogP contribution in [0.3, 0.4) is 0 Å². The number of amides is 1. The van der Waals surface area contributed by atoms with Gasteiger partial charge in [0.25, 0.3) is 5.91 Å². The summed E-state index contributed by atoms with van der Waals surface area (Å²) in [5, 5.41) is 5.08. The van der Waals surface area contributed by atoms with Gasteiger partial charge in [-0.15, -0.1) is 0 Å². The molecule has 0 fully saturated rings. The van der Waals surface area contributed by atoms with Gasteiger partial charge in [0.2, 0.25) is 0 Å². The van der Waals surface area contributed by atoms with E-state index in [0.29, 0.717) is 12.3 Å². The van der Waals surface area contributed by atoms with Gasteiger partial charge in [0.1, 0.15) is 5.75 Å². The number of benzene rings is 3. The van der Waals surface area contributed by atoms with Gasteiger partial charge >= 0.3 is 0 Å². The molecule has 0 aliphatic rings. The monoisotopic (exact) mass is 383 g/mol. The zero-order chi connectivity index (χ0) is 16.9. The molecule has 24 heavy (non-hydrogen) atoms. The summed E-state index contributed by atoms with van der Waals surface area (Å²) in [6.45, 7) is 2.24. The van der Waals surface area contributed by atoms with E-state index in [9.17, 15) is 4.79 Å². The van der Waals surface area contributed by atoms with Crippen LogP contribution in [0.1, 0.15) is 12.5 Å². The molecule has 0 saturated heterocycles. The third kappa shape index (κ3) is 3.77. The molecule has 0 bridgehead atoms. The Morgan fingerprint density at radius 1 is 1.04 bits per heavy atom. The first-order valence-corrected chi connectivity index (χ1v) is 8.60. The van der Waals surface area contributed by atoms with E-state index in [-0.39, 0.29) is 5.91 Å². The van der Waals surface area contributed by atoms with Crippen LogP contribution in [0.25, 0.3) is 10.8 Å². The van der Waals surface area contributed by atoms with Crippen molar-refractivity contribution in [2.45, 2.75) is 19.6 Å². The summed E-state index contributed by atoms with van der Waals surface area (Å²) in [5.41, 5.74) is 1.06. The second-order valence-corrected chi connectivity index (χ2v) is 6.36. The molecule has 4 heteroatoms. The molecule has 3 aromatic carbocycles. The van der Waals surface area contributed by atoms with Crippen LogP contribution >= 0.6 is 15.9 Å². The Morgan fingerprint density at radius 3 is 2.54 bits per heavy atom. The summed E-state index contributed by atoms with van der Waals surface area (Å²) < 4.78 is 6.71. The first-order valence-electron chi connectivity index (χ1n) is 7.80. The molecule has 1 amide bonds. The van der Waals surface area contributed by atoms with Crippen LogP contribution in [0, 0.1) is 0 Å². The molecule has 3 aromatic rings. The highest BCUT2D eigenvalue weighted by atomic mass is 79.9. The van der Waals surface area contributed by atoms with Crippen LogP contribution in [0.15, 0.2) is 71.2 Å². The van der Waals surface area contributed by atoms with Crippen LogP contribution in [-0.2, 0) is 11.3 Å². The zero-order valence-corrected chi connectivity index (χ0v) is 14.9. The quantitative estimate of drug-likeness (QED) is 0.693. The highest BCUT2D eigenvalue weighted by Gasteiger charge is 2.16. The Labute approximate surface area is 149 Å². The van der Waals surface area contributed by atoms with Gasteiger partial charge in [-0.05, 0) is 45.3 Å². The summed E-state index contributed by atoms with van der Waals surface area (Å²) in [4.78, 5) is 12.2. The average molecular weight is 384 g/mol. The summed E-state index contributed by atoms with van der Waals surface area (Å²) >= 11 is 3.58. The van der Waals surface area contributed by atoms with Crippen molar-refractivity contribution < 1.29 is 9.53 Å². The third-order valence-electron chi connectivity index (χ3n) is 3.81. The summed E-state index contributed by atoms with van der Waals surface area (Å²) in [6.07, 6.45) is -0.578. The van der Waals surface area contributed by atoms with Crippen molar-refractivity contribution in [3.8, 4) is 5.75 Å². The lowest BCUT2D eigenvalue weighted by atomic mass is 10.1. The lowest BCUT2D eigenvalue weighted by Gasteiger charge is -2.16. The molecule has 3 rings (SSSR count). The van der Waals surface area contributed by atoms with Gasteiger partial charge in [0, 0.05) is 6.54 Å². The largest absolute Gasteiger partial charge is 0.480 e. The van der Waals surface area contributed by atoms with E-state index in [2.05, 4.69) is 21.2 Å². The van der Waals surface area contributed by atoms with E-state index >= 15 is 0 Å². The maximum absolute atomic E-state index is 12.2. The van der Waals surface area contributed by atoms with Gasteiger partial charge in [-0.3, -0.25) is 4.79 Å². The molecule has 1 N–H and O–H groups in total. The van der Waals surface area contributed by atoms with Crippen molar-refractivity contribution in [1.29, 1.82) is 0 Å². The maximum atomic E-state index is 12.2. The topological polar surface area (TPSA) is 38.3 Å². The number of nitrogens with one attached hydrogen (secondary N) is 1. The Bertz CT molecular complexity index is 849.